The van der Waals surface area contributed by atoms with Crippen LogP contribution in [0.2, 0.25) is 0 Å². The van der Waals surface area contributed by atoms with Gasteiger partial charge >= 0.3 is 0 Å². The van der Waals surface area contributed by atoms with Crippen LogP contribution in [0.4, 0.5) is 0 Å². The van der Waals surface area contributed by atoms with Crippen molar-refractivity contribution in [1.82, 2.24) is 9.13 Å². The number of hydrogen-bond acceptors (Lipinski definition) is 2. The van der Waals surface area contributed by atoms with Crippen LogP contribution in [0.15, 0.2) is 194 Å². The van der Waals surface area contributed by atoms with Crippen molar-refractivity contribution in [1.29, 1.82) is 0 Å². The van der Waals surface area contributed by atoms with E-state index in [0.29, 0.717) is 0 Å². The minimum Gasteiger partial charge on any atom is -0.508 e. The maximum Gasteiger partial charge on any atom is 0.116 e. The first-order valence-corrected chi connectivity index (χ1v) is 19.6. The van der Waals surface area contributed by atoms with E-state index in [1.165, 1.54) is 43.4 Å². The molecule has 10 aromatic carbocycles. The first kappa shape index (κ1) is 32.4. The zero-order valence-electron chi connectivity index (χ0n) is 31.3. The van der Waals surface area contributed by atoms with Crippen LogP contribution in [0.25, 0.3) is 110 Å². The number of phenolic OH excluding ortho intramolecular Hbond substituents is 2. The van der Waals surface area contributed by atoms with E-state index in [1.54, 1.807) is 12.1 Å². The Balaban J connectivity index is 1.00. The van der Waals surface area contributed by atoms with Gasteiger partial charge in [-0.2, -0.15) is 0 Å². The summed E-state index contributed by atoms with van der Waals surface area (Å²) in [5.41, 5.74) is 11.2. The van der Waals surface area contributed by atoms with Crippen LogP contribution in [-0.4, -0.2) is 19.3 Å². The van der Waals surface area contributed by atoms with Crippen molar-refractivity contribution in [3.05, 3.63) is 194 Å². The van der Waals surface area contributed by atoms with Crippen molar-refractivity contribution >= 4 is 75.9 Å². The van der Waals surface area contributed by atoms with Gasteiger partial charge < -0.3 is 19.3 Å². The van der Waals surface area contributed by atoms with Crippen LogP contribution >= 0.6 is 0 Å². The second kappa shape index (κ2) is 12.3. The van der Waals surface area contributed by atoms with Gasteiger partial charge in [-0.25, -0.2) is 0 Å². The zero-order valence-corrected chi connectivity index (χ0v) is 31.3. The summed E-state index contributed by atoms with van der Waals surface area (Å²) in [5, 5.41) is 32.3. The molecule has 0 saturated carbocycles. The molecular formula is C54H34N2O2. The summed E-state index contributed by atoms with van der Waals surface area (Å²) in [4.78, 5) is 0. The van der Waals surface area contributed by atoms with Gasteiger partial charge in [0.1, 0.15) is 11.5 Å². The maximum absolute atomic E-state index is 10.3. The Morgan fingerprint density at radius 1 is 0.259 bits per heavy atom. The number of fused-ring (bicyclic) bond motifs is 11. The van der Waals surface area contributed by atoms with E-state index in [9.17, 15) is 10.2 Å². The van der Waals surface area contributed by atoms with E-state index in [4.69, 9.17) is 0 Å². The average Bonchev–Trinajstić information content (AvgIpc) is 3.78. The summed E-state index contributed by atoms with van der Waals surface area (Å²) in [6, 6.07) is 68.1. The first-order valence-electron chi connectivity index (χ1n) is 19.6. The highest BCUT2D eigenvalue weighted by atomic mass is 16.3. The van der Waals surface area contributed by atoms with Gasteiger partial charge in [0.15, 0.2) is 0 Å². The van der Waals surface area contributed by atoms with Crippen molar-refractivity contribution in [3.63, 3.8) is 0 Å². The Morgan fingerprint density at radius 3 is 1.02 bits per heavy atom. The molecule has 272 valence electrons. The molecular weight excluding hydrogens is 709 g/mol. The zero-order chi connectivity index (χ0) is 38.5. The van der Waals surface area contributed by atoms with Gasteiger partial charge in [0, 0.05) is 32.9 Å². The van der Waals surface area contributed by atoms with Crippen LogP contribution in [0.3, 0.4) is 0 Å². The molecule has 12 aromatic rings. The SMILES string of the molecule is Oc1ccc2c(c1)c1ccccc1n2-c1ccc(-c2cc3c4ccccc4c(-c4ccc(-n5c6ccccc6c6cc(O)ccc65)cc4)cc3c3ccccc23)cc1. The maximum atomic E-state index is 10.3. The van der Waals surface area contributed by atoms with E-state index < -0.39 is 0 Å². The van der Waals surface area contributed by atoms with E-state index in [-0.39, 0.29) is 11.5 Å². The largest absolute Gasteiger partial charge is 0.508 e. The second-order valence-corrected chi connectivity index (χ2v) is 15.2. The minimum absolute atomic E-state index is 0.269. The van der Waals surface area contributed by atoms with Crippen LogP contribution in [-0.2, 0) is 0 Å². The van der Waals surface area contributed by atoms with Gasteiger partial charge in [0.05, 0.1) is 22.1 Å². The third kappa shape index (κ3) is 4.76. The number of rotatable bonds is 4. The van der Waals surface area contributed by atoms with Crippen molar-refractivity contribution in [3.8, 4) is 45.1 Å². The fourth-order valence-electron chi connectivity index (χ4n) is 9.49. The Bertz CT molecular complexity index is 3390. The minimum atomic E-state index is 0.269. The van der Waals surface area contributed by atoms with Gasteiger partial charge in [0.25, 0.3) is 0 Å². The quantitative estimate of drug-likeness (QED) is 0.176. The Labute approximate surface area is 333 Å². The van der Waals surface area contributed by atoms with E-state index in [1.807, 2.05) is 24.3 Å². The molecule has 2 aromatic heterocycles. The van der Waals surface area contributed by atoms with E-state index >= 15 is 0 Å². The van der Waals surface area contributed by atoms with Gasteiger partial charge in [-0.05, 0) is 140 Å². The van der Waals surface area contributed by atoms with Crippen molar-refractivity contribution in [2.45, 2.75) is 0 Å². The highest BCUT2D eigenvalue weighted by molar-refractivity contribution is 6.24. The summed E-state index contributed by atoms with van der Waals surface area (Å²) >= 11 is 0. The topological polar surface area (TPSA) is 50.3 Å². The van der Waals surface area contributed by atoms with Crippen LogP contribution in [0, 0.1) is 0 Å². The Morgan fingerprint density at radius 2 is 0.603 bits per heavy atom. The third-order valence-corrected chi connectivity index (χ3v) is 12.1. The second-order valence-electron chi connectivity index (χ2n) is 15.2. The predicted molar refractivity (Wildman–Crippen MR) is 242 cm³/mol. The molecule has 4 nitrogen and oxygen atoms in total. The molecule has 0 radical (unpaired) electrons. The molecule has 0 aliphatic heterocycles. The Hall–Kier alpha value is -7.82. The molecule has 0 aliphatic carbocycles. The van der Waals surface area contributed by atoms with Gasteiger partial charge in [0.2, 0.25) is 0 Å². The van der Waals surface area contributed by atoms with Crippen LogP contribution in [0.5, 0.6) is 11.5 Å². The number of phenols is 2. The molecule has 0 aliphatic rings. The summed E-state index contributed by atoms with van der Waals surface area (Å²) in [6.07, 6.45) is 0. The molecule has 0 fully saturated rings. The van der Waals surface area contributed by atoms with Crippen molar-refractivity contribution < 1.29 is 10.2 Å². The highest BCUT2D eigenvalue weighted by Crippen LogP contribution is 2.43. The van der Waals surface area contributed by atoms with Gasteiger partial charge in [-0.3, -0.25) is 0 Å². The lowest BCUT2D eigenvalue weighted by atomic mass is 9.87. The molecule has 58 heavy (non-hydrogen) atoms. The molecule has 0 unspecified atom stereocenters. The molecule has 12 rings (SSSR count). The molecule has 0 bridgehead atoms. The number of aromatic hydroxyl groups is 2. The molecule has 0 atom stereocenters. The number of nitrogens with zero attached hydrogens (tertiary/aromatic N) is 2. The lowest BCUT2D eigenvalue weighted by Crippen LogP contribution is -1.94. The third-order valence-electron chi connectivity index (χ3n) is 12.1. The lowest BCUT2D eigenvalue weighted by Gasteiger charge is -2.17. The molecule has 2 N–H and O–H groups in total. The molecule has 0 spiro atoms. The van der Waals surface area contributed by atoms with Crippen LogP contribution in [0.1, 0.15) is 0 Å². The van der Waals surface area contributed by atoms with Crippen molar-refractivity contribution in [2.24, 2.45) is 0 Å². The fourth-order valence-corrected chi connectivity index (χ4v) is 9.49. The highest BCUT2D eigenvalue weighted by Gasteiger charge is 2.18. The number of aromatic nitrogens is 2. The van der Waals surface area contributed by atoms with E-state index in [0.717, 1.165) is 66.1 Å². The number of benzene rings is 10. The lowest BCUT2D eigenvalue weighted by molar-refractivity contribution is 0.475. The molecule has 0 amide bonds. The monoisotopic (exact) mass is 742 g/mol. The fraction of sp³-hybridized carbons (Fsp3) is 0. The van der Waals surface area contributed by atoms with Gasteiger partial charge in [-0.15, -0.1) is 0 Å². The smallest absolute Gasteiger partial charge is 0.116 e. The first-order chi connectivity index (χ1) is 28.6. The molecule has 4 heteroatoms. The predicted octanol–water partition coefficient (Wildman–Crippen LogP) is 14.1. The normalized spacial score (nSPS) is 11.9. The molecule has 0 saturated heterocycles. The summed E-state index contributed by atoms with van der Waals surface area (Å²) < 4.78 is 4.56. The summed E-state index contributed by atoms with van der Waals surface area (Å²) in [7, 11) is 0. The number of para-hydroxylation sites is 2. The summed E-state index contributed by atoms with van der Waals surface area (Å²) in [5.74, 6) is 0.537. The molecule has 2 heterocycles. The Kier molecular flexibility index (Phi) is 6.90. The summed E-state index contributed by atoms with van der Waals surface area (Å²) in [6.45, 7) is 0. The average molecular weight is 743 g/mol. The van der Waals surface area contributed by atoms with Crippen LogP contribution < -0.4 is 0 Å². The van der Waals surface area contributed by atoms with E-state index in [2.05, 4.69) is 167 Å². The van der Waals surface area contributed by atoms with Gasteiger partial charge in [-0.1, -0.05) is 109 Å². The standard InChI is InChI=1S/C54H34N2O2/c57-37-25-27-53-49(29-37)43-13-5-7-15-51(43)55(53)35-21-17-33(18-22-35)45-31-48-42-12-4-2-10-40(42)46(32-47(48)41-11-3-1-9-39(41)45)34-19-23-36(24-20-34)56-52-16-8-6-14-44(52)50-30-38(58)26-28-54(50)56/h1-32,57-58H. The number of hydrogen-bond donors (Lipinski definition) is 2. The van der Waals surface area contributed by atoms with Crippen molar-refractivity contribution in [2.75, 3.05) is 0 Å².